The molecule has 1 amide bonds. The summed E-state index contributed by atoms with van der Waals surface area (Å²) in [6.45, 7) is 0. The standard InChI is InChI=1S/C21H25NO2/c23-21(22-20-11-5-9-16-7-3-4-10-19(16)20)24-18-13-12-15-6-1-2-8-17(15)14-18/h3-5,7,9-11,15,17-18H,1-2,6,8,12-14H2,(H,22,23)/t15-,17-,18+/m0/s1. The Morgan fingerprint density at radius 1 is 0.917 bits per heavy atom. The monoisotopic (exact) mass is 323 g/mol. The molecule has 2 aromatic carbocycles. The third-order valence-electron chi connectivity index (χ3n) is 5.79. The minimum atomic E-state index is -0.314. The van der Waals surface area contributed by atoms with E-state index >= 15 is 0 Å². The van der Waals surface area contributed by atoms with Crippen LogP contribution in [0.1, 0.15) is 44.9 Å². The van der Waals surface area contributed by atoms with Gasteiger partial charge in [0.2, 0.25) is 0 Å². The van der Waals surface area contributed by atoms with Crippen LogP contribution in [0.15, 0.2) is 42.5 Å². The van der Waals surface area contributed by atoms with Crippen molar-refractivity contribution in [1.82, 2.24) is 0 Å². The average Bonchev–Trinajstić information content (AvgIpc) is 2.62. The number of carbonyl (C=O) groups is 1. The Morgan fingerprint density at radius 3 is 2.62 bits per heavy atom. The summed E-state index contributed by atoms with van der Waals surface area (Å²) < 4.78 is 5.74. The van der Waals surface area contributed by atoms with Crippen molar-refractivity contribution in [3.63, 3.8) is 0 Å². The number of nitrogens with one attached hydrogen (secondary N) is 1. The molecule has 126 valence electrons. The van der Waals surface area contributed by atoms with E-state index in [9.17, 15) is 4.79 Å². The van der Waals surface area contributed by atoms with Crippen molar-refractivity contribution in [2.24, 2.45) is 11.8 Å². The maximum atomic E-state index is 12.4. The first-order valence-electron chi connectivity index (χ1n) is 9.25. The van der Waals surface area contributed by atoms with Crippen LogP contribution in [0.3, 0.4) is 0 Å². The van der Waals surface area contributed by atoms with Crippen LogP contribution in [0.4, 0.5) is 10.5 Å². The minimum Gasteiger partial charge on any atom is -0.446 e. The summed E-state index contributed by atoms with van der Waals surface area (Å²) in [5.74, 6) is 1.64. The van der Waals surface area contributed by atoms with E-state index in [-0.39, 0.29) is 12.2 Å². The van der Waals surface area contributed by atoms with E-state index in [1.807, 2.05) is 30.3 Å². The molecule has 0 aliphatic heterocycles. The summed E-state index contributed by atoms with van der Waals surface area (Å²) in [6.07, 6.45) is 8.47. The third-order valence-corrected chi connectivity index (χ3v) is 5.79. The van der Waals surface area contributed by atoms with E-state index in [0.717, 1.165) is 41.1 Å². The highest BCUT2D eigenvalue weighted by Gasteiger charge is 2.33. The normalized spacial score (nSPS) is 26.6. The molecule has 0 heterocycles. The van der Waals surface area contributed by atoms with Gasteiger partial charge >= 0.3 is 6.09 Å². The van der Waals surface area contributed by atoms with Gasteiger partial charge in [0.1, 0.15) is 6.10 Å². The van der Waals surface area contributed by atoms with Gasteiger partial charge in [-0.1, -0.05) is 62.1 Å². The molecule has 1 N–H and O–H groups in total. The zero-order valence-corrected chi connectivity index (χ0v) is 14.0. The predicted molar refractivity (Wildman–Crippen MR) is 97.1 cm³/mol. The van der Waals surface area contributed by atoms with Gasteiger partial charge in [0.05, 0.1) is 5.69 Å². The Kier molecular flexibility index (Phi) is 4.42. The SMILES string of the molecule is O=C(Nc1cccc2ccccc12)O[C@@H]1CC[C@@H]2CCCC[C@H]2C1. The lowest BCUT2D eigenvalue weighted by Crippen LogP contribution is -2.34. The van der Waals surface area contributed by atoms with Crippen molar-refractivity contribution < 1.29 is 9.53 Å². The number of hydrogen-bond donors (Lipinski definition) is 1. The van der Waals surface area contributed by atoms with Gasteiger partial charge in [-0.3, -0.25) is 5.32 Å². The molecule has 0 bridgehead atoms. The second kappa shape index (κ2) is 6.84. The van der Waals surface area contributed by atoms with Gasteiger partial charge in [-0.15, -0.1) is 0 Å². The third kappa shape index (κ3) is 3.26. The molecule has 2 fully saturated rings. The molecule has 4 rings (SSSR count). The summed E-state index contributed by atoms with van der Waals surface area (Å²) in [7, 11) is 0. The molecule has 3 heteroatoms. The summed E-state index contributed by atoms with van der Waals surface area (Å²) in [5.41, 5.74) is 0.824. The Balaban J connectivity index is 1.39. The highest BCUT2D eigenvalue weighted by molar-refractivity contribution is 6.00. The van der Waals surface area contributed by atoms with Gasteiger partial charge in [0, 0.05) is 5.39 Å². The van der Waals surface area contributed by atoms with Crippen molar-refractivity contribution in [2.45, 2.75) is 51.0 Å². The van der Waals surface area contributed by atoms with Gasteiger partial charge in [0.15, 0.2) is 0 Å². The molecule has 3 atom stereocenters. The van der Waals surface area contributed by atoms with Crippen molar-refractivity contribution in [3.05, 3.63) is 42.5 Å². The molecular weight excluding hydrogens is 298 g/mol. The quantitative estimate of drug-likeness (QED) is 0.764. The number of rotatable bonds is 2. The Morgan fingerprint density at radius 2 is 1.71 bits per heavy atom. The first-order valence-corrected chi connectivity index (χ1v) is 9.25. The number of anilines is 1. The van der Waals surface area contributed by atoms with Crippen LogP contribution in [0.5, 0.6) is 0 Å². The lowest BCUT2D eigenvalue weighted by molar-refractivity contribution is 0.0339. The van der Waals surface area contributed by atoms with Crippen LogP contribution < -0.4 is 5.32 Å². The number of benzene rings is 2. The molecule has 0 aromatic heterocycles. The van der Waals surface area contributed by atoms with Crippen molar-refractivity contribution >= 4 is 22.6 Å². The molecule has 2 aliphatic carbocycles. The van der Waals surface area contributed by atoms with Gasteiger partial charge in [-0.2, -0.15) is 0 Å². The van der Waals surface area contributed by atoms with E-state index in [4.69, 9.17) is 4.74 Å². The van der Waals surface area contributed by atoms with Crippen LogP contribution in [0.2, 0.25) is 0 Å². The fourth-order valence-electron chi connectivity index (χ4n) is 4.56. The van der Waals surface area contributed by atoms with E-state index < -0.39 is 0 Å². The molecule has 3 nitrogen and oxygen atoms in total. The Bertz CT molecular complexity index is 721. The molecule has 0 spiro atoms. The summed E-state index contributed by atoms with van der Waals surface area (Å²) in [6, 6.07) is 14.0. The van der Waals surface area contributed by atoms with Crippen LogP contribution in [0.25, 0.3) is 10.8 Å². The van der Waals surface area contributed by atoms with Gasteiger partial charge in [0.25, 0.3) is 0 Å². The minimum absolute atomic E-state index is 0.0827. The zero-order valence-electron chi connectivity index (χ0n) is 14.0. The molecule has 0 radical (unpaired) electrons. The van der Waals surface area contributed by atoms with Crippen LogP contribution >= 0.6 is 0 Å². The van der Waals surface area contributed by atoms with Gasteiger partial charge in [-0.25, -0.2) is 4.79 Å². The summed E-state index contributed by atoms with van der Waals surface area (Å²) in [5, 5.41) is 5.12. The maximum Gasteiger partial charge on any atom is 0.411 e. The Hall–Kier alpha value is -2.03. The molecule has 0 unspecified atom stereocenters. The predicted octanol–water partition coefficient (Wildman–Crippen LogP) is 5.75. The lowest BCUT2D eigenvalue weighted by Gasteiger charge is -2.38. The smallest absolute Gasteiger partial charge is 0.411 e. The van der Waals surface area contributed by atoms with E-state index in [1.165, 1.54) is 32.1 Å². The number of fused-ring (bicyclic) bond motifs is 2. The topological polar surface area (TPSA) is 38.3 Å². The second-order valence-corrected chi connectivity index (χ2v) is 7.30. The number of ether oxygens (including phenoxy) is 1. The molecule has 2 aliphatic rings. The molecule has 2 saturated carbocycles. The van der Waals surface area contributed by atoms with Gasteiger partial charge < -0.3 is 4.74 Å². The number of hydrogen-bond acceptors (Lipinski definition) is 2. The van der Waals surface area contributed by atoms with Gasteiger partial charge in [-0.05, 0) is 42.6 Å². The van der Waals surface area contributed by atoms with Crippen LogP contribution in [0, 0.1) is 11.8 Å². The lowest BCUT2D eigenvalue weighted by atomic mass is 9.70. The van der Waals surface area contributed by atoms with E-state index in [2.05, 4.69) is 17.4 Å². The van der Waals surface area contributed by atoms with E-state index in [1.54, 1.807) is 0 Å². The molecule has 0 saturated heterocycles. The highest BCUT2D eigenvalue weighted by Crippen LogP contribution is 2.41. The fraction of sp³-hybridized carbons (Fsp3) is 0.476. The first kappa shape index (κ1) is 15.5. The van der Waals surface area contributed by atoms with Crippen LogP contribution in [-0.2, 0) is 4.74 Å². The molecule has 24 heavy (non-hydrogen) atoms. The van der Waals surface area contributed by atoms with Crippen molar-refractivity contribution in [1.29, 1.82) is 0 Å². The zero-order chi connectivity index (χ0) is 16.4. The maximum absolute atomic E-state index is 12.4. The average molecular weight is 323 g/mol. The van der Waals surface area contributed by atoms with Crippen molar-refractivity contribution in [2.75, 3.05) is 5.32 Å². The summed E-state index contributed by atoms with van der Waals surface area (Å²) >= 11 is 0. The fourth-order valence-corrected chi connectivity index (χ4v) is 4.56. The summed E-state index contributed by atoms with van der Waals surface area (Å²) in [4.78, 5) is 12.4. The van der Waals surface area contributed by atoms with E-state index in [0.29, 0.717) is 0 Å². The Labute approximate surface area is 143 Å². The second-order valence-electron chi connectivity index (χ2n) is 7.30. The van der Waals surface area contributed by atoms with Crippen LogP contribution in [-0.4, -0.2) is 12.2 Å². The largest absolute Gasteiger partial charge is 0.446 e. The number of carbonyl (C=O) groups excluding carboxylic acids is 1. The first-order chi connectivity index (χ1) is 11.8. The highest BCUT2D eigenvalue weighted by atomic mass is 16.6. The van der Waals surface area contributed by atoms with Crippen molar-refractivity contribution in [3.8, 4) is 0 Å². The molecular formula is C21H25NO2. The molecule has 2 aromatic rings. The number of amides is 1.